The molecule has 0 atom stereocenters. The monoisotopic (exact) mass is 187 g/mol. The molecule has 5 heteroatoms. The van der Waals surface area contributed by atoms with Gasteiger partial charge in [-0.05, 0) is 6.07 Å². The van der Waals surface area contributed by atoms with Gasteiger partial charge in [-0.15, -0.1) is 0 Å². The van der Waals surface area contributed by atoms with Crippen LogP contribution in [0.5, 0.6) is 0 Å². The molecule has 2 heterocycles. The summed E-state index contributed by atoms with van der Waals surface area (Å²) in [6.45, 7) is 0. The maximum Gasteiger partial charge on any atom is 0.153 e. The van der Waals surface area contributed by atoms with Crippen molar-refractivity contribution in [1.29, 1.82) is 0 Å². The van der Waals surface area contributed by atoms with E-state index in [9.17, 15) is 0 Å². The third-order valence-corrected chi connectivity index (χ3v) is 1.76. The molecule has 0 spiro atoms. The van der Waals surface area contributed by atoms with Crippen LogP contribution >= 0.6 is 0 Å². The van der Waals surface area contributed by atoms with Gasteiger partial charge < -0.3 is 5.32 Å². The lowest BCUT2D eigenvalue weighted by Gasteiger charge is -2.04. The lowest BCUT2D eigenvalue weighted by Crippen LogP contribution is -1.98. The minimum atomic E-state index is 0.714. The van der Waals surface area contributed by atoms with Gasteiger partial charge in [0.2, 0.25) is 0 Å². The highest BCUT2D eigenvalue weighted by molar-refractivity contribution is 5.67. The van der Waals surface area contributed by atoms with Gasteiger partial charge >= 0.3 is 0 Å². The molecule has 0 fully saturated rings. The van der Waals surface area contributed by atoms with Crippen LogP contribution < -0.4 is 5.32 Å². The summed E-state index contributed by atoms with van der Waals surface area (Å²) in [6.07, 6.45) is 6.44. The average molecular weight is 187 g/mol. The maximum absolute atomic E-state index is 4.20. The molecule has 14 heavy (non-hydrogen) atoms. The van der Waals surface area contributed by atoms with Gasteiger partial charge in [0.15, 0.2) is 5.82 Å². The van der Waals surface area contributed by atoms with E-state index in [4.69, 9.17) is 0 Å². The molecule has 0 radical (unpaired) electrons. The van der Waals surface area contributed by atoms with Gasteiger partial charge in [-0.3, -0.25) is 0 Å². The normalized spacial score (nSPS) is 9.79. The van der Waals surface area contributed by atoms with E-state index in [1.165, 1.54) is 6.33 Å². The largest absolute Gasteiger partial charge is 0.371 e. The number of hydrogen-bond donors (Lipinski definition) is 1. The van der Waals surface area contributed by atoms with Crippen LogP contribution in [0.15, 0.2) is 31.0 Å². The summed E-state index contributed by atoms with van der Waals surface area (Å²) in [4.78, 5) is 16.3. The second-order valence-electron chi connectivity index (χ2n) is 2.60. The molecule has 1 N–H and O–H groups in total. The van der Waals surface area contributed by atoms with Crippen LogP contribution in [0.2, 0.25) is 0 Å². The molecule has 2 aromatic heterocycles. The standard InChI is InChI=1S/C9H9N5/c1-10-9-8(12-4-5-13-9)7-2-3-11-6-14-7/h2-6H,1H3,(H,10,13). The molecule has 0 bridgehead atoms. The lowest BCUT2D eigenvalue weighted by molar-refractivity contribution is 1.13. The van der Waals surface area contributed by atoms with Crippen molar-refractivity contribution in [1.82, 2.24) is 19.9 Å². The fourth-order valence-corrected chi connectivity index (χ4v) is 1.14. The van der Waals surface area contributed by atoms with E-state index in [0.717, 1.165) is 11.4 Å². The molecule has 70 valence electrons. The Morgan fingerprint density at radius 1 is 1.07 bits per heavy atom. The number of nitrogens with zero attached hydrogens (tertiary/aromatic N) is 4. The summed E-state index contributed by atoms with van der Waals surface area (Å²) >= 11 is 0. The highest BCUT2D eigenvalue weighted by Gasteiger charge is 2.06. The Morgan fingerprint density at radius 2 is 1.93 bits per heavy atom. The Balaban J connectivity index is 2.51. The van der Waals surface area contributed by atoms with E-state index < -0.39 is 0 Å². The molecule has 0 unspecified atom stereocenters. The van der Waals surface area contributed by atoms with E-state index in [1.807, 2.05) is 0 Å². The smallest absolute Gasteiger partial charge is 0.153 e. The van der Waals surface area contributed by atoms with Crippen LogP contribution in [-0.4, -0.2) is 27.0 Å². The first-order valence-corrected chi connectivity index (χ1v) is 4.17. The zero-order chi connectivity index (χ0) is 9.80. The SMILES string of the molecule is CNc1nccnc1-c1ccncn1. The number of aromatic nitrogens is 4. The summed E-state index contributed by atoms with van der Waals surface area (Å²) in [5.41, 5.74) is 1.50. The van der Waals surface area contributed by atoms with E-state index in [0.29, 0.717) is 5.82 Å². The average Bonchev–Trinajstić information content (AvgIpc) is 2.30. The molecule has 2 rings (SSSR count). The van der Waals surface area contributed by atoms with Crippen LogP contribution in [0.1, 0.15) is 0 Å². The van der Waals surface area contributed by atoms with Crippen LogP contribution in [0.25, 0.3) is 11.4 Å². The van der Waals surface area contributed by atoms with Crippen LogP contribution in [-0.2, 0) is 0 Å². The number of hydrogen-bond acceptors (Lipinski definition) is 5. The molecule has 2 aromatic rings. The van der Waals surface area contributed by atoms with Gasteiger partial charge in [0.05, 0.1) is 5.69 Å². The topological polar surface area (TPSA) is 63.6 Å². The Kier molecular flexibility index (Phi) is 2.31. The number of rotatable bonds is 2. The first-order valence-electron chi connectivity index (χ1n) is 4.17. The molecular weight excluding hydrogens is 178 g/mol. The lowest BCUT2D eigenvalue weighted by atomic mass is 10.3. The molecule has 0 aliphatic carbocycles. The second-order valence-corrected chi connectivity index (χ2v) is 2.60. The summed E-state index contributed by atoms with van der Waals surface area (Å²) in [6, 6.07) is 1.80. The predicted molar refractivity (Wildman–Crippen MR) is 52.6 cm³/mol. The third kappa shape index (κ3) is 1.52. The molecule has 0 saturated heterocycles. The van der Waals surface area contributed by atoms with Gasteiger partial charge in [0.25, 0.3) is 0 Å². The fourth-order valence-electron chi connectivity index (χ4n) is 1.14. The van der Waals surface area contributed by atoms with Crippen molar-refractivity contribution >= 4 is 5.82 Å². The third-order valence-electron chi connectivity index (χ3n) is 1.76. The van der Waals surface area contributed by atoms with E-state index in [-0.39, 0.29) is 0 Å². The summed E-state index contributed by atoms with van der Waals surface area (Å²) < 4.78 is 0. The summed E-state index contributed by atoms with van der Waals surface area (Å²) in [7, 11) is 1.80. The number of anilines is 1. The van der Waals surface area contributed by atoms with Crippen molar-refractivity contribution in [3.63, 3.8) is 0 Å². The van der Waals surface area contributed by atoms with Gasteiger partial charge in [-0.2, -0.15) is 0 Å². The molecular formula is C9H9N5. The minimum Gasteiger partial charge on any atom is -0.371 e. The first kappa shape index (κ1) is 8.55. The fraction of sp³-hybridized carbons (Fsp3) is 0.111. The molecule has 0 aliphatic heterocycles. The maximum atomic E-state index is 4.20. The van der Waals surface area contributed by atoms with E-state index in [1.54, 1.807) is 31.7 Å². The van der Waals surface area contributed by atoms with Crippen LogP contribution in [0, 0.1) is 0 Å². The zero-order valence-electron chi connectivity index (χ0n) is 7.68. The van der Waals surface area contributed by atoms with Crippen molar-refractivity contribution in [2.24, 2.45) is 0 Å². The highest BCUT2D eigenvalue weighted by Crippen LogP contribution is 2.19. The Hall–Kier alpha value is -2.04. The first-order chi connectivity index (χ1) is 6.92. The Labute approximate surface area is 81.3 Å². The van der Waals surface area contributed by atoms with Gasteiger partial charge in [0.1, 0.15) is 12.0 Å². The van der Waals surface area contributed by atoms with Crippen molar-refractivity contribution in [3.05, 3.63) is 31.0 Å². The minimum absolute atomic E-state index is 0.714. The molecule has 0 aromatic carbocycles. The van der Waals surface area contributed by atoms with E-state index >= 15 is 0 Å². The predicted octanol–water partition coefficient (Wildman–Crippen LogP) is 0.975. The van der Waals surface area contributed by atoms with Crippen LogP contribution in [0.3, 0.4) is 0 Å². The van der Waals surface area contributed by atoms with Crippen molar-refractivity contribution < 1.29 is 0 Å². The molecule has 5 nitrogen and oxygen atoms in total. The van der Waals surface area contributed by atoms with Crippen molar-refractivity contribution in [3.8, 4) is 11.4 Å². The molecule has 0 saturated carbocycles. The molecule has 0 amide bonds. The summed E-state index contributed by atoms with van der Waals surface area (Å²) in [5.74, 6) is 0.714. The Morgan fingerprint density at radius 3 is 2.64 bits per heavy atom. The van der Waals surface area contributed by atoms with E-state index in [2.05, 4.69) is 25.3 Å². The highest BCUT2D eigenvalue weighted by atomic mass is 15.0. The quantitative estimate of drug-likeness (QED) is 0.759. The van der Waals surface area contributed by atoms with Gasteiger partial charge in [-0.1, -0.05) is 0 Å². The zero-order valence-corrected chi connectivity index (χ0v) is 7.68. The second kappa shape index (κ2) is 3.78. The Bertz CT molecular complexity index is 415. The number of nitrogens with one attached hydrogen (secondary N) is 1. The molecule has 0 aliphatic rings. The van der Waals surface area contributed by atoms with Crippen LogP contribution in [0.4, 0.5) is 5.82 Å². The van der Waals surface area contributed by atoms with Crippen molar-refractivity contribution in [2.75, 3.05) is 12.4 Å². The van der Waals surface area contributed by atoms with Crippen molar-refractivity contribution in [2.45, 2.75) is 0 Å². The van der Waals surface area contributed by atoms with Gasteiger partial charge in [0, 0.05) is 25.6 Å². The van der Waals surface area contributed by atoms with Gasteiger partial charge in [-0.25, -0.2) is 19.9 Å². The summed E-state index contributed by atoms with van der Waals surface area (Å²) in [5, 5.41) is 2.96.